The lowest BCUT2D eigenvalue weighted by molar-refractivity contribution is -0.385. The van der Waals surface area contributed by atoms with Crippen molar-refractivity contribution < 1.29 is 10.0 Å². The summed E-state index contributed by atoms with van der Waals surface area (Å²) in [5.74, 6) is 0.654. The van der Waals surface area contributed by atoms with Crippen LogP contribution < -0.4 is 5.32 Å². The Balaban J connectivity index is 2.69. The highest BCUT2D eigenvalue weighted by atomic mass is 16.6. The molecule has 1 aromatic rings. The number of nitro groups is 1. The van der Waals surface area contributed by atoms with Gasteiger partial charge in [-0.1, -0.05) is 0 Å². The summed E-state index contributed by atoms with van der Waals surface area (Å²) >= 11 is 0. The molecule has 0 aliphatic heterocycles. The maximum atomic E-state index is 10.5. The van der Waals surface area contributed by atoms with Gasteiger partial charge in [-0.2, -0.15) is 0 Å². The third-order valence-corrected chi connectivity index (χ3v) is 2.45. The van der Waals surface area contributed by atoms with Crippen LogP contribution in [0.15, 0.2) is 12.3 Å². The molecule has 6 heteroatoms. The molecule has 6 nitrogen and oxygen atoms in total. The lowest BCUT2D eigenvalue weighted by Gasteiger charge is -2.15. The first-order chi connectivity index (χ1) is 8.04. The highest BCUT2D eigenvalue weighted by Crippen LogP contribution is 2.19. The van der Waals surface area contributed by atoms with Crippen LogP contribution in [0.25, 0.3) is 0 Å². The number of nitrogens with zero attached hydrogens (tertiary/aromatic N) is 2. The van der Waals surface area contributed by atoms with Gasteiger partial charge < -0.3 is 10.4 Å². The Kier molecular flexibility index (Phi) is 4.84. The van der Waals surface area contributed by atoms with Gasteiger partial charge in [0.15, 0.2) is 0 Å². The Morgan fingerprint density at radius 2 is 2.35 bits per heavy atom. The molecule has 0 saturated carbocycles. The molecule has 17 heavy (non-hydrogen) atoms. The minimum atomic E-state index is -0.459. The first-order valence-corrected chi connectivity index (χ1v) is 5.53. The lowest BCUT2D eigenvalue weighted by Crippen LogP contribution is -2.17. The topological polar surface area (TPSA) is 88.3 Å². The van der Waals surface area contributed by atoms with Crippen LogP contribution in [-0.4, -0.2) is 27.7 Å². The van der Waals surface area contributed by atoms with Crippen molar-refractivity contribution in [1.29, 1.82) is 0 Å². The fraction of sp³-hybridized carbons (Fsp3) is 0.545. The highest BCUT2D eigenvalue weighted by molar-refractivity contribution is 5.48. The number of nitrogens with one attached hydrogen (secondary N) is 1. The van der Waals surface area contributed by atoms with Crippen LogP contribution in [0.5, 0.6) is 0 Å². The third-order valence-electron chi connectivity index (χ3n) is 2.45. The molecule has 0 radical (unpaired) electrons. The molecule has 2 N–H and O–H groups in total. The van der Waals surface area contributed by atoms with Crippen LogP contribution in [0.2, 0.25) is 0 Å². The minimum absolute atomic E-state index is 0.00365. The number of hydrogen-bond acceptors (Lipinski definition) is 5. The molecule has 1 heterocycles. The molecule has 1 rings (SSSR count). The molecular weight excluding hydrogens is 222 g/mol. The van der Waals surface area contributed by atoms with Gasteiger partial charge in [-0.15, -0.1) is 0 Å². The number of anilines is 1. The molecule has 1 aromatic heterocycles. The zero-order valence-corrected chi connectivity index (χ0v) is 10.0. The van der Waals surface area contributed by atoms with Crippen LogP contribution in [0.4, 0.5) is 11.5 Å². The summed E-state index contributed by atoms with van der Waals surface area (Å²) < 4.78 is 0. The van der Waals surface area contributed by atoms with Crippen molar-refractivity contribution in [3.63, 3.8) is 0 Å². The van der Waals surface area contributed by atoms with Crippen LogP contribution in [-0.2, 0) is 0 Å². The average Bonchev–Trinajstić information content (AvgIpc) is 2.28. The Labute approximate surface area is 99.8 Å². The molecule has 0 fully saturated rings. The van der Waals surface area contributed by atoms with Crippen molar-refractivity contribution in [3.05, 3.63) is 27.9 Å². The number of aromatic nitrogens is 1. The highest BCUT2D eigenvalue weighted by Gasteiger charge is 2.10. The van der Waals surface area contributed by atoms with Crippen molar-refractivity contribution in [3.8, 4) is 0 Å². The normalized spacial score (nSPS) is 12.2. The number of pyridine rings is 1. The Bertz CT molecular complexity index is 396. The monoisotopic (exact) mass is 239 g/mol. The summed E-state index contributed by atoms with van der Waals surface area (Å²) in [7, 11) is 0. The van der Waals surface area contributed by atoms with E-state index < -0.39 is 4.92 Å². The first kappa shape index (κ1) is 13.4. The number of hydrogen-bond donors (Lipinski definition) is 2. The molecule has 0 bridgehead atoms. The summed E-state index contributed by atoms with van der Waals surface area (Å²) in [6.45, 7) is 3.93. The van der Waals surface area contributed by atoms with E-state index in [1.54, 1.807) is 6.92 Å². The van der Waals surface area contributed by atoms with Crippen molar-refractivity contribution >= 4 is 11.5 Å². The van der Waals surface area contributed by atoms with E-state index in [2.05, 4.69) is 10.3 Å². The zero-order valence-electron chi connectivity index (χ0n) is 10.0. The van der Waals surface area contributed by atoms with E-state index in [0.29, 0.717) is 5.82 Å². The lowest BCUT2D eigenvalue weighted by atomic mass is 10.2. The second-order valence-electron chi connectivity index (χ2n) is 4.03. The molecule has 1 unspecified atom stereocenters. The van der Waals surface area contributed by atoms with Gasteiger partial charge in [0.2, 0.25) is 0 Å². The first-order valence-electron chi connectivity index (χ1n) is 5.53. The summed E-state index contributed by atoms with van der Waals surface area (Å²) in [6, 6.07) is 1.67. The summed E-state index contributed by atoms with van der Waals surface area (Å²) in [4.78, 5) is 14.1. The predicted octanol–water partition coefficient (Wildman–Crippen LogP) is 1.87. The van der Waals surface area contributed by atoms with E-state index in [1.807, 2.05) is 6.92 Å². The second kappa shape index (κ2) is 6.15. The third kappa shape index (κ3) is 3.99. The number of rotatable bonds is 6. The summed E-state index contributed by atoms with van der Waals surface area (Å²) in [6.07, 6.45) is 2.79. The minimum Gasteiger partial charge on any atom is -0.396 e. The number of aliphatic hydroxyl groups is 1. The van der Waals surface area contributed by atoms with Crippen molar-refractivity contribution in [1.82, 2.24) is 4.98 Å². The molecule has 0 aliphatic rings. The molecule has 0 amide bonds. The van der Waals surface area contributed by atoms with Crippen LogP contribution >= 0.6 is 0 Å². The van der Waals surface area contributed by atoms with Gasteiger partial charge in [-0.05, 0) is 32.3 Å². The predicted molar refractivity (Wildman–Crippen MR) is 65.0 cm³/mol. The Morgan fingerprint density at radius 3 is 2.88 bits per heavy atom. The summed E-state index contributed by atoms with van der Waals surface area (Å²) in [5.41, 5.74) is 0.742. The quantitative estimate of drug-likeness (QED) is 0.584. The van der Waals surface area contributed by atoms with E-state index in [-0.39, 0.29) is 18.3 Å². The Hall–Kier alpha value is -1.69. The van der Waals surface area contributed by atoms with E-state index in [9.17, 15) is 10.1 Å². The maximum Gasteiger partial charge on any atom is 0.287 e. The molecule has 1 atom stereocenters. The van der Waals surface area contributed by atoms with Gasteiger partial charge in [-0.3, -0.25) is 10.1 Å². The number of aryl methyl sites for hydroxylation is 1. The average molecular weight is 239 g/mol. The maximum absolute atomic E-state index is 10.5. The molecule has 0 spiro atoms. The van der Waals surface area contributed by atoms with Gasteiger partial charge >= 0.3 is 0 Å². The zero-order chi connectivity index (χ0) is 12.8. The molecule has 94 valence electrons. The van der Waals surface area contributed by atoms with E-state index in [1.165, 1.54) is 12.3 Å². The van der Waals surface area contributed by atoms with Crippen molar-refractivity contribution in [2.24, 2.45) is 0 Å². The molecule has 0 aliphatic carbocycles. The number of aliphatic hydroxyl groups excluding tert-OH is 1. The fourth-order valence-electron chi connectivity index (χ4n) is 1.51. The second-order valence-corrected chi connectivity index (χ2v) is 4.03. The van der Waals surface area contributed by atoms with Crippen LogP contribution in [0.1, 0.15) is 25.3 Å². The largest absolute Gasteiger partial charge is 0.396 e. The molecule has 0 aromatic carbocycles. The molecule has 0 saturated heterocycles. The smallest absolute Gasteiger partial charge is 0.287 e. The van der Waals surface area contributed by atoms with E-state index in [0.717, 1.165) is 18.4 Å². The summed E-state index contributed by atoms with van der Waals surface area (Å²) in [5, 5.41) is 22.4. The van der Waals surface area contributed by atoms with E-state index >= 15 is 0 Å². The van der Waals surface area contributed by atoms with Gasteiger partial charge in [0, 0.05) is 18.7 Å². The van der Waals surface area contributed by atoms with Gasteiger partial charge in [0.05, 0.1) is 4.92 Å². The Morgan fingerprint density at radius 1 is 1.65 bits per heavy atom. The van der Waals surface area contributed by atoms with Crippen molar-refractivity contribution in [2.75, 3.05) is 11.9 Å². The van der Waals surface area contributed by atoms with Crippen molar-refractivity contribution in [2.45, 2.75) is 32.7 Å². The molecular formula is C11H17N3O3. The van der Waals surface area contributed by atoms with Gasteiger partial charge in [0.1, 0.15) is 12.0 Å². The SMILES string of the molecule is Cc1cc([N+](=O)[O-])cnc1NC(C)CCCO. The van der Waals surface area contributed by atoms with Gasteiger partial charge in [0.25, 0.3) is 5.69 Å². The standard InChI is InChI=1S/C11H17N3O3/c1-8-6-10(14(16)17)7-12-11(8)13-9(2)4-3-5-15/h6-7,9,15H,3-5H2,1-2H3,(H,12,13). The van der Waals surface area contributed by atoms with E-state index in [4.69, 9.17) is 5.11 Å². The fourth-order valence-corrected chi connectivity index (χ4v) is 1.51. The van der Waals surface area contributed by atoms with Crippen LogP contribution in [0.3, 0.4) is 0 Å². The van der Waals surface area contributed by atoms with Crippen LogP contribution in [0, 0.1) is 17.0 Å². The van der Waals surface area contributed by atoms with Gasteiger partial charge in [-0.25, -0.2) is 4.98 Å².